The number of thiophene rings is 1. The summed E-state index contributed by atoms with van der Waals surface area (Å²) < 4.78 is 8.26. The van der Waals surface area contributed by atoms with Crippen LogP contribution in [-0.4, -0.2) is 49.5 Å². The highest BCUT2D eigenvalue weighted by Gasteiger charge is 2.17. The molecule has 0 saturated heterocycles. The van der Waals surface area contributed by atoms with E-state index in [1.165, 1.54) is 11.3 Å². The maximum atomic E-state index is 10.5. The Labute approximate surface area is 196 Å². The van der Waals surface area contributed by atoms with Gasteiger partial charge in [-0.25, -0.2) is 14.6 Å². The molecule has 5 heterocycles. The van der Waals surface area contributed by atoms with Crippen molar-refractivity contribution in [1.82, 2.24) is 29.7 Å². The van der Waals surface area contributed by atoms with Crippen LogP contribution in [-0.2, 0) is 11.5 Å². The molecule has 10 heteroatoms. The Bertz CT molecular complexity index is 1430. The standard InChI is InChI=1S/C23H24N6O2SSi/c1-33(2,3)11-10-31-14-29-19-8-7-17(26-18(19)12-25-29)22-27-20-15(16-6-4-5-9-24-16)13-32-21(20)23(30)28-22/h4-9,12-13H,10-11,14H2,1-3H3,(H,27,28,30). The summed E-state index contributed by atoms with van der Waals surface area (Å²) in [7, 11) is -1.13. The molecular formula is C23H24N6O2SSi. The van der Waals surface area contributed by atoms with Gasteiger partial charge in [-0.1, -0.05) is 25.7 Å². The number of fused-ring (bicyclic) bond motifs is 2. The molecular weight excluding hydrogens is 452 g/mol. The molecule has 5 aromatic rings. The molecule has 0 amide bonds. The van der Waals surface area contributed by atoms with Crippen LogP contribution in [0, 0.1) is 0 Å². The van der Waals surface area contributed by atoms with Crippen molar-refractivity contribution in [2.24, 2.45) is 0 Å². The minimum absolute atomic E-state index is 0.0597. The van der Waals surface area contributed by atoms with E-state index in [0.29, 0.717) is 28.5 Å². The van der Waals surface area contributed by atoms with Gasteiger partial charge >= 0.3 is 0 Å². The van der Waals surface area contributed by atoms with Gasteiger partial charge in [0.05, 0.1) is 22.9 Å². The average Bonchev–Trinajstić information content (AvgIpc) is 3.41. The Kier molecular flexibility index (Phi) is 5.65. The van der Waals surface area contributed by atoms with E-state index in [2.05, 4.69) is 39.7 Å². The van der Waals surface area contributed by atoms with Crippen molar-refractivity contribution < 1.29 is 9.84 Å². The highest BCUT2D eigenvalue weighted by molar-refractivity contribution is 7.18. The van der Waals surface area contributed by atoms with Crippen LogP contribution in [0.1, 0.15) is 0 Å². The number of pyridine rings is 2. The first-order valence-corrected chi connectivity index (χ1v) is 15.3. The number of rotatable bonds is 7. The van der Waals surface area contributed by atoms with Gasteiger partial charge in [-0.2, -0.15) is 10.1 Å². The summed E-state index contributed by atoms with van der Waals surface area (Å²) in [4.78, 5) is 18.1. The van der Waals surface area contributed by atoms with Crippen molar-refractivity contribution >= 4 is 40.7 Å². The number of ether oxygens (including phenoxy) is 1. The second-order valence-corrected chi connectivity index (χ2v) is 15.5. The van der Waals surface area contributed by atoms with Crippen LogP contribution in [0.25, 0.3) is 44.0 Å². The molecule has 33 heavy (non-hydrogen) atoms. The molecule has 1 N–H and O–H groups in total. The van der Waals surface area contributed by atoms with E-state index in [-0.39, 0.29) is 5.88 Å². The zero-order valence-electron chi connectivity index (χ0n) is 18.7. The third kappa shape index (κ3) is 4.50. The predicted molar refractivity (Wildman–Crippen MR) is 133 cm³/mol. The molecule has 0 fully saturated rings. The van der Waals surface area contributed by atoms with Gasteiger partial charge in [-0.05, 0) is 30.3 Å². The maximum absolute atomic E-state index is 10.5. The van der Waals surface area contributed by atoms with Gasteiger partial charge in [0.1, 0.15) is 22.6 Å². The molecule has 0 unspecified atom stereocenters. The zero-order valence-corrected chi connectivity index (χ0v) is 20.5. The Morgan fingerprint density at radius 2 is 1.94 bits per heavy atom. The normalized spacial score (nSPS) is 12.1. The Morgan fingerprint density at radius 1 is 1.06 bits per heavy atom. The molecule has 0 aliphatic rings. The first-order valence-electron chi connectivity index (χ1n) is 10.7. The van der Waals surface area contributed by atoms with Crippen LogP contribution in [0.2, 0.25) is 25.7 Å². The highest BCUT2D eigenvalue weighted by atomic mass is 32.1. The molecule has 8 nitrogen and oxygen atoms in total. The lowest BCUT2D eigenvalue weighted by Gasteiger charge is -2.15. The summed E-state index contributed by atoms with van der Waals surface area (Å²) in [5.74, 6) is 0.298. The van der Waals surface area contributed by atoms with E-state index >= 15 is 0 Å². The SMILES string of the molecule is C[Si](C)(C)CCOCn1ncc2nc(-c3nc(O)c4scc(-c5ccccn5)c4n3)ccc21. The summed E-state index contributed by atoms with van der Waals surface area (Å²) in [6, 6.07) is 10.6. The number of aromatic hydroxyl groups is 1. The van der Waals surface area contributed by atoms with Gasteiger partial charge in [0.15, 0.2) is 5.82 Å². The van der Waals surface area contributed by atoms with Crippen LogP contribution in [0.15, 0.2) is 48.1 Å². The van der Waals surface area contributed by atoms with Crippen LogP contribution >= 0.6 is 11.3 Å². The van der Waals surface area contributed by atoms with Gasteiger partial charge in [-0.15, -0.1) is 11.3 Å². The monoisotopic (exact) mass is 476 g/mol. The third-order valence-electron chi connectivity index (χ3n) is 5.28. The number of hydrogen-bond donors (Lipinski definition) is 1. The van der Waals surface area contributed by atoms with E-state index in [4.69, 9.17) is 9.72 Å². The van der Waals surface area contributed by atoms with Crippen LogP contribution in [0.3, 0.4) is 0 Å². The fraction of sp³-hybridized carbons (Fsp3) is 0.261. The topological polar surface area (TPSA) is 98.8 Å². The van der Waals surface area contributed by atoms with Crippen molar-refractivity contribution in [3.8, 4) is 28.7 Å². The van der Waals surface area contributed by atoms with Crippen molar-refractivity contribution in [2.75, 3.05) is 6.61 Å². The largest absolute Gasteiger partial charge is 0.492 e. The van der Waals surface area contributed by atoms with Gasteiger partial charge in [0, 0.05) is 31.8 Å². The van der Waals surface area contributed by atoms with E-state index in [1.54, 1.807) is 17.1 Å². The summed E-state index contributed by atoms with van der Waals surface area (Å²) in [5, 5.41) is 16.9. The molecule has 5 aromatic heterocycles. The van der Waals surface area contributed by atoms with Gasteiger partial charge < -0.3 is 9.84 Å². The Balaban J connectivity index is 1.45. The predicted octanol–water partition coefficient (Wildman–Crippen LogP) is 5.18. The Hall–Kier alpha value is -3.21. The molecule has 0 atom stereocenters. The quantitative estimate of drug-likeness (QED) is 0.255. The molecule has 168 valence electrons. The van der Waals surface area contributed by atoms with Crippen LogP contribution in [0.5, 0.6) is 5.88 Å². The van der Waals surface area contributed by atoms with Crippen molar-refractivity contribution in [2.45, 2.75) is 32.4 Å². The third-order valence-corrected chi connectivity index (χ3v) is 7.95. The summed E-state index contributed by atoms with van der Waals surface area (Å²) in [6.07, 6.45) is 3.45. The van der Waals surface area contributed by atoms with Gasteiger partial charge in [0.25, 0.3) is 0 Å². The molecule has 0 aromatic carbocycles. The second kappa shape index (κ2) is 8.62. The van der Waals surface area contributed by atoms with Crippen LogP contribution in [0.4, 0.5) is 0 Å². The molecule has 0 radical (unpaired) electrons. The lowest BCUT2D eigenvalue weighted by Crippen LogP contribution is -2.22. The molecule has 0 saturated carbocycles. The smallest absolute Gasteiger partial charge is 0.233 e. The van der Waals surface area contributed by atoms with E-state index in [9.17, 15) is 5.11 Å². The van der Waals surface area contributed by atoms with E-state index in [1.807, 2.05) is 35.7 Å². The minimum atomic E-state index is -1.13. The molecule has 0 aliphatic carbocycles. The summed E-state index contributed by atoms with van der Waals surface area (Å²) in [5.41, 5.74) is 4.48. The number of aromatic nitrogens is 6. The zero-order chi connectivity index (χ0) is 23.0. The van der Waals surface area contributed by atoms with Crippen LogP contribution < -0.4 is 0 Å². The maximum Gasteiger partial charge on any atom is 0.233 e. The van der Waals surface area contributed by atoms with E-state index in [0.717, 1.165) is 34.9 Å². The van der Waals surface area contributed by atoms with Crippen molar-refractivity contribution in [1.29, 1.82) is 0 Å². The lowest BCUT2D eigenvalue weighted by molar-refractivity contribution is 0.0817. The molecule has 0 spiro atoms. The first kappa shape index (κ1) is 21.6. The fourth-order valence-electron chi connectivity index (χ4n) is 3.45. The lowest BCUT2D eigenvalue weighted by atomic mass is 10.2. The number of nitrogens with zero attached hydrogens (tertiary/aromatic N) is 6. The molecule has 0 aliphatic heterocycles. The molecule has 0 bridgehead atoms. The van der Waals surface area contributed by atoms with E-state index < -0.39 is 8.07 Å². The minimum Gasteiger partial charge on any atom is -0.492 e. The highest BCUT2D eigenvalue weighted by Crippen LogP contribution is 2.37. The molecule has 5 rings (SSSR count). The van der Waals surface area contributed by atoms with Gasteiger partial charge in [0.2, 0.25) is 5.88 Å². The fourth-order valence-corrected chi connectivity index (χ4v) is 5.09. The van der Waals surface area contributed by atoms with Gasteiger partial charge in [-0.3, -0.25) is 4.98 Å². The average molecular weight is 477 g/mol. The van der Waals surface area contributed by atoms with Crippen molar-refractivity contribution in [3.05, 3.63) is 48.1 Å². The Morgan fingerprint density at radius 3 is 2.73 bits per heavy atom. The second-order valence-electron chi connectivity index (χ2n) is 9.01. The summed E-state index contributed by atoms with van der Waals surface area (Å²) >= 11 is 1.40. The van der Waals surface area contributed by atoms with Crippen molar-refractivity contribution in [3.63, 3.8) is 0 Å². The number of hydrogen-bond acceptors (Lipinski definition) is 8. The summed E-state index contributed by atoms with van der Waals surface area (Å²) in [6.45, 7) is 8.11. The first-order chi connectivity index (χ1) is 15.9.